The standard InChI is InChI=1S/C15H12N6OS2/c1-10-8-23-14(17-10)12(7-16)13(22)9-24-15-18-19-20-21(15)11-5-3-2-4-6-11/h2-6,8,12H,9H2,1H3/t12-/m0/s1. The van der Waals surface area contributed by atoms with Crippen LogP contribution in [0.5, 0.6) is 0 Å². The Balaban J connectivity index is 1.71. The molecule has 1 aromatic carbocycles. The average Bonchev–Trinajstić information content (AvgIpc) is 3.23. The number of nitrogens with zero attached hydrogens (tertiary/aromatic N) is 6. The highest BCUT2D eigenvalue weighted by molar-refractivity contribution is 7.99. The summed E-state index contributed by atoms with van der Waals surface area (Å²) in [5, 5.41) is 23.7. The molecule has 0 fully saturated rings. The van der Waals surface area contributed by atoms with Crippen molar-refractivity contribution in [3.05, 3.63) is 46.4 Å². The summed E-state index contributed by atoms with van der Waals surface area (Å²) in [7, 11) is 0. The molecule has 0 saturated heterocycles. The minimum atomic E-state index is -0.850. The Morgan fingerprint density at radius 3 is 2.88 bits per heavy atom. The van der Waals surface area contributed by atoms with Gasteiger partial charge in [-0.2, -0.15) is 9.94 Å². The van der Waals surface area contributed by atoms with Crippen molar-refractivity contribution in [2.75, 3.05) is 5.75 Å². The van der Waals surface area contributed by atoms with Crippen molar-refractivity contribution in [3.8, 4) is 11.8 Å². The van der Waals surface area contributed by atoms with Gasteiger partial charge in [0.2, 0.25) is 5.16 Å². The number of carbonyl (C=O) groups is 1. The van der Waals surface area contributed by atoms with E-state index in [1.165, 1.54) is 23.1 Å². The molecule has 120 valence electrons. The molecule has 3 aromatic rings. The van der Waals surface area contributed by atoms with Crippen molar-refractivity contribution >= 4 is 28.9 Å². The lowest BCUT2D eigenvalue weighted by atomic mass is 10.1. The quantitative estimate of drug-likeness (QED) is 0.625. The van der Waals surface area contributed by atoms with E-state index in [0.717, 1.165) is 11.4 Å². The van der Waals surface area contributed by atoms with Crippen molar-refractivity contribution in [1.82, 2.24) is 25.2 Å². The van der Waals surface area contributed by atoms with E-state index in [9.17, 15) is 10.1 Å². The molecule has 9 heteroatoms. The number of para-hydroxylation sites is 1. The summed E-state index contributed by atoms with van der Waals surface area (Å²) in [6.07, 6.45) is 0. The minimum Gasteiger partial charge on any atom is -0.297 e. The van der Waals surface area contributed by atoms with Gasteiger partial charge in [-0.1, -0.05) is 30.0 Å². The van der Waals surface area contributed by atoms with Crippen molar-refractivity contribution < 1.29 is 4.79 Å². The molecule has 0 bridgehead atoms. The van der Waals surface area contributed by atoms with Gasteiger partial charge in [0.15, 0.2) is 11.7 Å². The molecule has 3 rings (SSSR count). The molecule has 0 spiro atoms. The van der Waals surface area contributed by atoms with Crippen LogP contribution in [0.15, 0.2) is 40.9 Å². The Labute approximate surface area is 146 Å². The van der Waals surface area contributed by atoms with Crippen molar-refractivity contribution in [3.63, 3.8) is 0 Å². The van der Waals surface area contributed by atoms with Gasteiger partial charge in [0.05, 0.1) is 17.5 Å². The van der Waals surface area contributed by atoms with Gasteiger partial charge < -0.3 is 0 Å². The number of thioether (sulfide) groups is 1. The first-order chi connectivity index (χ1) is 11.7. The summed E-state index contributed by atoms with van der Waals surface area (Å²) in [6.45, 7) is 1.83. The molecule has 0 aliphatic rings. The lowest BCUT2D eigenvalue weighted by molar-refractivity contribution is -0.116. The first-order valence-electron chi connectivity index (χ1n) is 7.00. The van der Waals surface area contributed by atoms with Crippen LogP contribution in [0.1, 0.15) is 16.6 Å². The maximum atomic E-state index is 12.4. The van der Waals surface area contributed by atoms with E-state index < -0.39 is 5.92 Å². The molecule has 0 N–H and O–H groups in total. The van der Waals surface area contributed by atoms with E-state index in [2.05, 4.69) is 20.5 Å². The topological polar surface area (TPSA) is 97.4 Å². The van der Waals surface area contributed by atoms with Crippen molar-refractivity contribution in [1.29, 1.82) is 5.26 Å². The number of tetrazole rings is 1. The third-order valence-corrected chi connectivity index (χ3v) is 5.09. The monoisotopic (exact) mass is 356 g/mol. The van der Waals surface area contributed by atoms with Crippen LogP contribution < -0.4 is 0 Å². The lowest BCUT2D eigenvalue weighted by Gasteiger charge is -2.05. The number of hydrogen-bond donors (Lipinski definition) is 0. The Bertz CT molecular complexity index is 883. The second-order valence-electron chi connectivity index (χ2n) is 4.85. The number of carbonyl (C=O) groups excluding carboxylic acids is 1. The molecular formula is C15H12N6OS2. The Morgan fingerprint density at radius 2 is 2.21 bits per heavy atom. The summed E-state index contributed by atoms with van der Waals surface area (Å²) < 4.78 is 1.56. The normalized spacial score (nSPS) is 11.8. The number of aryl methyl sites for hydroxylation is 1. The first kappa shape index (κ1) is 16.3. The average molecular weight is 356 g/mol. The van der Waals surface area contributed by atoms with Crippen molar-refractivity contribution in [2.45, 2.75) is 18.0 Å². The zero-order valence-corrected chi connectivity index (χ0v) is 14.3. The third kappa shape index (κ3) is 3.50. The largest absolute Gasteiger partial charge is 0.297 e. The van der Waals surface area contributed by atoms with Crippen LogP contribution in [0.2, 0.25) is 0 Å². The van der Waals surface area contributed by atoms with Gasteiger partial charge in [0, 0.05) is 11.1 Å². The van der Waals surface area contributed by atoms with Crippen LogP contribution in [0.4, 0.5) is 0 Å². The molecule has 0 unspecified atom stereocenters. The summed E-state index contributed by atoms with van der Waals surface area (Å²) >= 11 is 2.53. The highest BCUT2D eigenvalue weighted by atomic mass is 32.2. The molecule has 0 aliphatic carbocycles. The fraction of sp³-hybridized carbons (Fsp3) is 0.200. The zero-order chi connectivity index (χ0) is 16.9. The van der Waals surface area contributed by atoms with E-state index in [1.54, 1.807) is 4.68 Å². The molecule has 0 aliphatic heterocycles. The van der Waals surface area contributed by atoms with E-state index in [0.29, 0.717) is 10.2 Å². The van der Waals surface area contributed by atoms with Crippen LogP contribution in [0.25, 0.3) is 5.69 Å². The molecule has 0 saturated carbocycles. The second-order valence-corrected chi connectivity index (χ2v) is 6.69. The van der Waals surface area contributed by atoms with Crippen molar-refractivity contribution in [2.24, 2.45) is 0 Å². The highest BCUT2D eigenvalue weighted by Crippen LogP contribution is 2.24. The van der Waals surface area contributed by atoms with Gasteiger partial charge in [-0.3, -0.25) is 4.79 Å². The smallest absolute Gasteiger partial charge is 0.214 e. The maximum absolute atomic E-state index is 12.4. The molecule has 1 atom stereocenters. The summed E-state index contributed by atoms with van der Waals surface area (Å²) in [5.41, 5.74) is 1.62. The Hall–Kier alpha value is -2.57. The van der Waals surface area contributed by atoms with Crippen LogP contribution in [0, 0.1) is 18.3 Å². The number of hydrogen-bond acceptors (Lipinski definition) is 8. The van der Waals surface area contributed by atoms with E-state index in [4.69, 9.17) is 0 Å². The fourth-order valence-electron chi connectivity index (χ4n) is 1.99. The van der Waals surface area contributed by atoms with Gasteiger partial charge in [-0.25, -0.2) is 4.98 Å². The SMILES string of the molecule is Cc1csc([C@@H](C#N)C(=O)CSc2nnnn2-c2ccccc2)n1. The van der Waals surface area contributed by atoms with E-state index in [-0.39, 0.29) is 11.5 Å². The molecule has 24 heavy (non-hydrogen) atoms. The molecule has 2 heterocycles. The van der Waals surface area contributed by atoms with Gasteiger partial charge in [-0.15, -0.1) is 16.4 Å². The highest BCUT2D eigenvalue weighted by Gasteiger charge is 2.24. The predicted molar refractivity (Wildman–Crippen MR) is 90.1 cm³/mol. The van der Waals surface area contributed by atoms with Crippen LogP contribution in [0.3, 0.4) is 0 Å². The third-order valence-electron chi connectivity index (χ3n) is 3.12. The number of ketones is 1. The minimum absolute atomic E-state index is 0.101. The van der Waals surface area contributed by atoms with Gasteiger partial charge in [0.25, 0.3) is 0 Å². The molecular weight excluding hydrogens is 344 g/mol. The van der Waals surface area contributed by atoms with Gasteiger partial charge in [0.1, 0.15) is 5.01 Å². The maximum Gasteiger partial charge on any atom is 0.214 e. The summed E-state index contributed by atoms with van der Waals surface area (Å²) in [6, 6.07) is 11.4. The number of rotatable bonds is 6. The molecule has 2 aromatic heterocycles. The number of aromatic nitrogens is 5. The summed E-state index contributed by atoms with van der Waals surface area (Å²) in [5.74, 6) is -0.957. The summed E-state index contributed by atoms with van der Waals surface area (Å²) in [4.78, 5) is 16.6. The lowest BCUT2D eigenvalue weighted by Crippen LogP contribution is -2.13. The van der Waals surface area contributed by atoms with E-state index >= 15 is 0 Å². The van der Waals surface area contributed by atoms with Crippen LogP contribution >= 0.6 is 23.1 Å². The fourth-order valence-corrected chi connectivity index (χ4v) is 3.65. The first-order valence-corrected chi connectivity index (χ1v) is 8.86. The van der Waals surface area contributed by atoms with E-state index in [1.807, 2.05) is 48.7 Å². The number of thiazole rings is 1. The molecule has 0 amide bonds. The van der Waals surface area contributed by atoms with Crippen LogP contribution in [-0.2, 0) is 4.79 Å². The van der Waals surface area contributed by atoms with Gasteiger partial charge >= 0.3 is 0 Å². The number of benzene rings is 1. The van der Waals surface area contributed by atoms with Gasteiger partial charge in [-0.05, 0) is 29.5 Å². The zero-order valence-electron chi connectivity index (χ0n) is 12.7. The molecule has 7 nitrogen and oxygen atoms in total. The Morgan fingerprint density at radius 1 is 1.42 bits per heavy atom. The number of nitriles is 1. The Kier molecular flexibility index (Phi) is 4.98. The molecule has 0 radical (unpaired) electrons. The number of Topliss-reactive ketones (excluding diaryl/α,β-unsaturated/α-hetero) is 1. The second kappa shape index (κ2) is 7.33. The predicted octanol–water partition coefficient (Wildman–Crippen LogP) is 2.40. The van der Waals surface area contributed by atoms with Crippen LogP contribution in [-0.4, -0.2) is 36.7 Å².